The van der Waals surface area contributed by atoms with E-state index in [1.807, 2.05) is 71.6 Å². The van der Waals surface area contributed by atoms with E-state index in [-0.39, 0.29) is 18.7 Å². The SMILES string of the molecule is CC(c1ccccc1)N(Cc1ccc2c(c1)OCO2)C(=O)c1ccccc1. The Bertz CT molecular complexity index is 925. The first-order valence-corrected chi connectivity index (χ1v) is 9.02. The van der Waals surface area contributed by atoms with E-state index in [0.29, 0.717) is 12.1 Å². The van der Waals surface area contributed by atoms with Gasteiger partial charge in [-0.3, -0.25) is 4.79 Å². The summed E-state index contributed by atoms with van der Waals surface area (Å²) in [5, 5.41) is 0. The number of hydrogen-bond acceptors (Lipinski definition) is 3. The minimum Gasteiger partial charge on any atom is -0.454 e. The van der Waals surface area contributed by atoms with Gasteiger partial charge in [-0.15, -0.1) is 0 Å². The number of ether oxygens (including phenoxy) is 2. The van der Waals surface area contributed by atoms with Crippen LogP contribution in [-0.2, 0) is 6.54 Å². The summed E-state index contributed by atoms with van der Waals surface area (Å²) in [6.45, 7) is 2.79. The quantitative estimate of drug-likeness (QED) is 0.656. The van der Waals surface area contributed by atoms with E-state index < -0.39 is 0 Å². The Morgan fingerprint density at radius 1 is 0.926 bits per heavy atom. The van der Waals surface area contributed by atoms with E-state index in [0.717, 1.165) is 22.6 Å². The molecule has 0 N–H and O–H groups in total. The minimum atomic E-state index is -0.0654. The second kappa shape index (κ2) is 7.54. The normalized spacial score (nSPS) is 13.2. The van der Waals surface area contributed by atoms with E-state index >= 15 is 0 Å². The van der Waals surface area contributed by atoms with Crippen LogP contribution in [0.25, 0.3) is 0 Å². The van der Waals surface area contributed by atoms with Gasteiger partial charge in [-0.25, -0.2) is 0 Å². The van der Waals surface area contributed by atoms with Crippen molar-refractivity contribution in [3.63, 3.8) is 0 Å². The molecule has 1 amide bonds. The molecule has 1 heterocycles. The third-order valence-corrected chi connectivity index (χ3v) is 4.82. The number of carbonyl (C=O) groups excluding carboxylic acids is 1. The molecule has 3 aromatic rings. The van der Waals surface area contributed by atoms with Gasteiger partial charge in [-0.2, -0.15) is 0 Å². The molecule has 3 aromatic carbocycles. The van der Waals surface area contributed by atoms with Crippen LogP contribution in [0, 0.1) is 0 Å². The van der Waals surface area contributed by atoms with Crippen LogP contribution in [0.5, 0.6) is 11.5 Å². The van der Waals surface area contributed by atoms with Gasteiger partial charge in [0.25, 0.3) is 5.91 Å². The number of fused-ring (bicyclic) bond motifs is 1. The van der Waals surface area contributed by atoms with E-state index in [1.165, 1.54) is 0 Å². The lowest BCUT2D eigenvalue weighted by molar-refractivity contribution is 0.0674. The summed E-state index contributed by atoms with van der Waals surface area (Å²) in [4.78, 5) is 15.2. The standard InChI is InChI=1S/C23H21NO3/c1-17(19-8-4-2-5-9-19)24(23(25)20-10-6-3-7-11-20)15-18-12-13-21-22(14-18)27-16-26-21/h2-14,17H,15-16H2,1H3. The maximum atomic E-state index is 13.3. The molecule has 4 heteroatoms. The van der Waals surface area contributed by atoms with Crippen molar-refractivity contribution in [2.45, 2.75) is 19.5 Å². The van der Waals surface area contributed by atoms with Crippen molar-refractivity contribution in [1.29, 1.82) is 0 Å². The summed E-state index contributed by atoms with van der Waals surface area (Å²) >= 11 is 0. The van der Waals surface area contributed by atoms with E-state index in [9.17, 15) is 4.79 Å². The molecule has 0 radical (unpaired) electrons. The van der Waals surface area contributed by atoms with Gasteiger partial charge in [-0.1, -0.05) is 54.6 Å². The first kappa shape index (κ1) is 17.2. The molecule has 27 heavy (non-hydrogen) atoms. The van der Waals surface area contributed by atoms with Gasteiger partial charge in [0.05, 0.1) is 6.04 Å². The maximum Gasteiger partial charge on any atom is 0.254 e. The Kier molecular flexibility index (Phi) is 4.79. The molecule has 4 nitrogen and oxygen atoms in total. The summed E-state index contributed by atoms with van der Waals surface area (Å²) in [6.07, 6.45) is 0. The number of carbonyl (C=O) groups is 1. The van der Waals surface area contributed by atoms with Crippen molar-refractivity contribution in [2.75, 3.05) is 6.79 Å². The number of rotatable bonds is 5. The molecule has 0 spiro atoms. The summed E-state index contributed by atoms with van der Waals surface area (Å²) in [6, 6.07) is 25.2. The van der Waals surface area contributed by atoms with Gasteiger partial charge in [0.2, 0.25) is 6.79 Å². The van der Waals surface area contributed by atoms with Crippen molar-refractivity contribution in [2.24, 2.45) is 0 Å². The van der Waals surface area contributed by atoms with Crippen LogP contribution < -0.4 is 9.47 Å². The molecule has 136 valence electrons. The zero-order valence-electron chi connectivity index (χ0n) is 15.2. The van der Waals surface area contributed by atoms with E-state index in [1.54, 1.807) is 0 Å². The molecule has 1 aliphatic rings. The van der Waals surface area contributed by atoms with Crippen molar-refractivity contribution >= 4 is 5.91 Å². The first-order chi connectivity index (χ1) is 13.2. The monoisotopic (exact) mass is 359 g/mol. The van der Waals surface area contributed by atoms with Crippen molar-refractivity contribution in [3.05, 3.63) is 95.6 Å². The first-order valence-electron chi connectivity index (χ1n) is 9.02. The highest BCUT2D eigenvalue weighted by atomic mass is 16.7. The predicted molar refractivity (Wildman–Crippen MR) is 104 cm³/mol. The molecule has 4 rings (SSSR count). The maximum absolute atomic E-state index is 13.3. The summed E-state index contributed by atoms with van der Waals surface area (Å²) in [5.74, 6) is 1.48. The molecule has 0 saturated heterocycles. The van der Waals surface area contributed by atoms with Gasteiger partial charge < -0.3 is 14.4 Å². The fourth-order valence-electron chi connectivity index (χ4n) is 3.28. The van der Waals surface area contributed by atoms with Crippen LogP contribution in [0.1, 0.15) is 34.5 Å². The average molecular weight is 359 g/mol. The van der Waals surface area contributed by atoms with Crippen LogP contribution in [0.15, 0.2) is 78.9 Å². The molecule has 1 unspecified atom stereocenters. The molecule has 0 bridgehead atoms. The molecule has 1 aliphatic heterocycles. The Morgan fingerprint density at radius 3 is 2.33 bits per heavy atom. The molecule has 1 atom stereocenters. The summed E-state index contributed by atoms with van der Waals surface area (Å²) in [5.41, 5.74) is 2.79. The number of amides is 1. The third-order valence-electron chi connectivity index (χ3n) is 4.82. The summed E-state index contributed by atoms with van der Waals surface area (Å²) < 4.78 is 10.9. The van der Waals surface area contributed by atoms with Crippen LogP contribution in [0.3, 0.4) is 0 Å². The highest BCUT2D eigenvalue weighted by Crippen LogP contribution is 2.34. The largest absolute Gasteiger partial charge is 0.454 e. The van der Waals surface area contributed by atoms with Crippen LogP contribution in [0.2, 0.25) is 0 Å². The molecular weight excluding hydrogens is 338 g/mol. The van der Waals surface area contributed by atoms with Gasteiger partial charge in [0, 0.05) is 12.1 Å². The predicted octanol–water partition coefficient (Wildman–Crippen LogP) is 4.82. The Balaban J connectivity index is 1.66. The second-order valence-corrected chi connectivity index (χ2v) is 6.57. The zero-order chi connectivity index (χ0) is 18.6. The van der Waals surface area contributed by atoms with Crippen LogP contribution >= 0.6 is 0 Å². The van der Waals surface area contributed by atoms with Crippen LogP contribution in [-0.4, -0.2) is 17.6 Å². The lowest BCUT2D eigenvalue weighted by Crippen LogP contribution is -2.33. The topological polar surface area (TPSA) is 38.8 Å². The van der Waals surface area contributed by atoms with Gasteiger partial charge in [0.15, 0.2) is 11.5 Å². The number of hydrogen-bond donors (Lipinski definition) is 0. The average Bonchev–Trinajstić information content (AvgIpc) is 3.20. The zero-order valence-corrected chi connectivity index (χ0v) is 15.2. The van der Waals surface area contributed by atoms with Crippen LogP contribution in [0.4, 0.5) is 0 Å². The van der Waals surface area contributed by atoms with Crippen molar-refractivity contribution in [1.82, 2.24) is 4.90 Å². The van der Waals surface area contributed by atoms with Gasteiger partial charge in [0.1, 0.15) is 0 Å². The number of nitrogens with zero attached hydrogens (tertiary/aromatic N) is 1. The molecule has 0 fully saturated rings. The van der Waals surface area contributed by atoms with Gasteiger partial charge in [-0.05, 0) is 42.3 Å². The molecule has 0 aromatic heterocycles. The van der Waals surface area contributed by atoms with Crippen molar-refractivity contribution < 1.29 is 14.3 Å². The Morgan fingerprint density at radius 2 is 1.59 bits per heavy atom. The van der Waals surface area contributed by atoms with Gasteiger partial charge >= 0.3 is 0 Å². The third kappa shape index (κ3) is 3.65. The summed E-state index contributed by atoms with van der Waals surface area (Å²) in [7, 11) is 0. The lowest BCUT2D eigenvalue weighted by Gasteiger charge is -2.30. The second-order valence-electron chi connectivity index (χ2n) is 6.57. The van der Waals surface area contributed by atoms with E-state index in [4.69, 9.17) is 9.47 Å². The Hall–Kier alpha value is -3.27. The molecule has 0 aliphatic carbocycles. The van der Waals surface area contributed by atoms with E-state index in [2.05, 4.69) is 19.1 Å². The lowest BCUT2D eigenvalue weighted by atomic mass is 10.0. The minimum absolute atomic E-state index is 0.00428. The Labute approximate surface area is 159 Å². The number of benzene rings is 3. The fraction of sp³-hybridized carbons (Fsp3) is 0.174. The molecule has 0 saturated carbocycles. The highest BCUT2D eigenvalue weighted by molar-refractivity contribution is 5.94. The molecular formula is C23H21NO3. The fourth-order valence-corrected chi connectivity index (χ4v) is 3.28. The highest BCUT2D eigenvalue weighted by Gasteiger charge is 2.24. The van der Waals surface area contributed by atoms with Crippen molar-refractivity contribution in [3.8, 4) is 11.5 Å². The smallest absolute Gasteiger partial charge is 0.254 e.